The molecule has 0 unspecified atom stereocenters. The lowest BCUT2D eigenvalue weighted by molar-refractivity contribution is -0.132. The first kappa shape index (κ1) is 29.9. The van der Waals surface area contributed by atoms with Crippen molar-refractivity contribution in [3.8, 4) is 0 Å². The normalized spacial score (nSPS) is 12.7. The average molecular weight is 430 g/mol. The zero-order valence-corrected chi connectivity index (χ0v) is 20.0. The van der Waals surface area contributed by atoms with E-state index in [0.717, 1.165) is 6.42 Å². The number of urea groups is 1. The Bertz CT molecular complexity index is 544. The molecule has 0 aliphatic rings. The van der Waals surface area contributed by atoms with Crippen molar-refractivity contribution < 1.29 is 19.2 Å². The maximum atomic E-state index is 12.6. The molecule has 6 N–H and O–H groups in total. The third-order valence-corrected chi connectivity index (χ3v) is 4.08. The SMILES string of the molecule is CC.CC(=O)N[C@@H](C(=O)N[C@H](CCCNC(N)=O)C(=O)NCCC(C)(C)C)C(C)C. The largest absolute Gasteiger partial charge is 0.354 e. The van der Waals surface area contributed by atoms with Gasteiger partial charge in [0, 0.05) is 20.0 Å². The van der Waals surface area contributed by atoms with E-state index in [1.807, 2.05) is 27.7 Å². The predicted molar refractivity (Wildman–Crippen MR) is 120 cm³/mol. The van der Waals surface area contributed by atoms with E-state index in [2.05, 4.69) is 42.0 Å². The number of carbonyl (C=O) groups excluding carboxylic acids is 4. The first-order chi connectivity index (χ1) is 13.8. The van der Waals surface area contributed by atoms with Gasteiger partial charge in [-0.05, 0) is 30.6 Å². The van der Waals surface area contributed by atoms with Gasteiger partial charge in [0.2, 0.25) is 17.7 Å². The average Bonchev–Trinajstić information content (AvgIpc) is 2.61. The molecule has 2 atom stereocenters. The molecule has 0 aromatic rings. The molecule has 0 aliphatic carbocycles. The zero-order valence-electron chi connectivity index (χ0n) is 20.0. The molecule has 176 valence electrons. The van der Waals surface area contributed by atoms with Crippen LogP contribution in [0.4, 0.5) is 4.79 Å². The number of rotatable bonds is 11. The smallest absolute Gasteiger partial charge is 0.312 e. The van der Waals surface area contributed by atoms with Gasteiger partial charge < -0.3 is 27.0 Å². The van der Waals surface area contributed by atoms with Crippen LogP contribution < -0.4 is 27.0 Å². The van der Waals surface area contributed by atoms with Gasteiger partial charge in [-0.25, -0.2) is 4.79 Å². The molecular weight excluding hydrogens is 386 g/mol. The molecule has 0 radical (unpaired) electrons. The highest BCUT2D eigenvalue weighted by atomic mass is 16.2. The molecular formula is C21H43N5O4. The number of primary amides is 1. The predicted octanol–water partition coefficient (Wildman–Crippen LogP) is 1.66. The van der Waals surface area contributed by atoms with Gasteiger partial charge in [0.1, 0.15) is 12.1 Å². The van der Waals surface area contributed by atoms with E-state index in [1.54, 1.807) is 0 Å². The fraction of sp³-hybridized carbons (Fsp3) is 0.810. The molecule has 0 saturated carbocycles. The highest BCUT2D eigenvalue weighted by Crippen LogP contribution is 2.17. The topological polar surface area (TPSA) is 142 Å². The summed E-state index contributed by atoms with van der Waals surface area (Å²) in [7, 11) is 0. The second-order valence-corrected chi connectivity index (χ2v) is 8.52. The van der Waals surface area contributed by atoms with Gasteiger partial charge in [-0.3, -0.25) is 14.4 Å². The van der Waals surface area contributed by atoms with Crippen LogP contribution in [0.2, 0.25) is 0 Å². The molecule has 9 nitrogen and oxygen atoms in total. The fourth-order valence-electron chi connectivity index (χ4n) is 2.49. The summed E-state index contributed by atoms with van der Waals surface area (Å²) in [4.78, 5) is 47.3. The van der Waals surface area contributed by atoms with Crippen molar-refractivity contribution in [2.24, 2.45) is 17.1 Å². The first-order valence-electron chi connectivity index (χ1n) is 10.7. The summed E-state index contributed by atoms with van der Waals surface area (Å²) >= 11 is 0. The Morgan fingerprint density at radius 2 is 1.47 bits per heavy atom. The quantitative estimate of drug-likeness (QED) is 0.318. The Kier molecular flexibility index (Phi) is 15.4. The summed E-state index contributed by atoms with van der Waals surface area (Å²) in [6.07, 6.45) is 1.59. The van der Waals surface area contributed by atoms with Gasteiger partial charge in [0.25, 0.3) is 0 Å². The van der Waals surface area contributed by atoms with Crippen LogP contribution in [0.15, 0.2) is 0 Å². The monoisotopic (exact) mass is 429 g/mol. The Hall–Kier alpha value is -2.32. The molecule has 0 rings (SSSR count). The Balaban J connectivity index is 0. The van der Waals surface area contributed by atoms with Crippen molar-refractivity contribution in [3.05, 3.63) is 0 Å². The van der Waals surface area contributed by atoms with Crippen molar-refractivity contribution >= 4 is 23.8 Å². The number of nitrogens with one attached hydrogen (secondary N) is 4. The second kappa shape index (κ2) is 15.5. The fourth-order valence-corrected chi connectivity index (χ4v) is 2.49. The number of carbonyl (C=O) groups is 4. The van der Waals surface area contributed by atoms with Crippen molar-refractivity contribution in [3.63, 3.8) is 0 Å². The molecule has 0 aliphatic heterocycles. The van der Waals surface area contributed by atoms with Crippen LogP contribution in [-0.4, -0.2) is 48.9 Å². The maximum absolute atomic E-state index is 12.6. The molecule has 9 heteroatoms. The van der Waals surface area contributed by atoms with Crippen LogP contribution in [0, 0.1) is 11.3 Å². The van der Waals surface area contributed by atoms with E-state index in [9.17, 15) is 19.2 Å². The van der Waals surface area contributed by atoms with Crippen molar-refractivity contribution in [2.75, 3.05) is 13.1 Å². The highest BCUT2D eigenvalue weighted by Gasteiger charge is 2.28. The number of hydrogen-bond donors (Lipinski definition) is 5. The number of hydrogen-bond acceptors (Lipinski definition) is 4. The number of amides is 5. The van der Waals surface area contributed by atoms with Crippen LogP contribution in [0.5, 0.6) is 0 Å². The van der Waals surface area contributed by atoms with E-state index >= 15 is 0 Å². The molecule has 0 saturated heterocycles. The molecule has 0 heterocycles. The first-order valence-corrected chi connectivity index (χ1v) is 10.7. The minimum atomic E-state index is -0.767. The van der Waals surface area contributed by atoms with E-state index in [0.29, 0.717) is 25.9 Å². The Morgan fingerprint density at radius 1 is 0.900 bits per heavy atom. The molecule has 5 amide bonds. The summed E-state index contributed by atoms with van der Waals surface area (Å²) in [5.41, 5.74) is 5.11. The van der Waals surface area contributed by atoms with E-state index in [-0.39, 0.29) is 23.1 Å². The molecule has 0 aromatic carbocycles. The minimum Gasteiger partial charge on any atom is -0.354 e. The summed E-state index contributed by atoms with van der Waals surface area (Å²) in [5, 5.41) is 10.7. The summed E-state index contributed by atoms with van der Waals surface area (Å²) in [5.74, 6) is -1.15. The van der Waals surface area contributed by atoms with Crippen LogP contribution in [0.1, 0.15) is 74.7 Å². The van der Waals surface area contributed by atoms with Crippen molar-refractivity contribution in [1.29, 1.82) is 0 Å². The Morgan fingerprint density at radius 3 is 1.90 bits per heavy atom. The zero-order chi connectivity index (χ0) is 23.9. The van der Waals surface area contributed by atoms with E-state index in [4.69, 9.17) is 5.73 Å². The van der Waals surface area contributed by atoms with Gasteiger partial charge in [-0.15, -0.1) is 0 Å². The van der Waals surface area contributed by atoms with Gasteiger partial charge in [0.15, 0.2) is 0 Å². The summed E-state index contributed by atoms with van der Waals surface area (Å²) < 4.78 is 0. The van der Waals surface area contributed by atoms with Gasteiger partial charge in [0.05, 0.1) is 0 Å². The lowest BCUT2D eigenvalue weighted by atomic mass is 9.92. The molecule has 0 bridgehead atoms. The summed E-state index contributed by atoms with van der Waals surface area (Å²) in [6.45, 7) is 16.0. The highest BCUT2D eigenvalue weighted by molar-refractivity contribution is 5.91. The lowest BCUT2D eigenvalue weighted by Crippen LogP contribution is -2.55. The molecule has 30 heavy (non-hydrogen) atoms. The molecule has 0 spiro atoms. The van der Waals surface area contributed by atoms with Crippen LogP contribution >= 0.6 is 0 Å². The van der Waals surface area contributed by atoms with Gasteiger partial charge in [-0.2, -0.15) is 0 Å². The van der Waals surface area contributed by atoms with Crippen LogP contribution in [-0.2, 0) is 14.4 Å². The van der Waals surface area contributed by atoms with Gasteiger partial charge >= 0.3 is 6.03 Å². The Labute approximate surface area is 181 Å². The minimum absolute atomic E-state index is 0.0750. The van der Waals surface area contributed by atoms with Crippen molar-refractivity contribution in [1.82, 2.24) is 21.3 Å². The third-order valence-electron chi connectivity index (χ3n) is 4.08. The maximum Gasteiger partial charge on any atom is 0.312 e. The number of nitrogens with two attached hydrogens (primary N) is 1. The third kappa shape index (κ3) is 15.6. The second-order valence-electron chi connectivity index (χ2n) is 8.52. The van der Waals surface area contributed by atoms with Crippen LogP contribution in [0.3, 0.4) is 0 Å². The van der Waals surface area contributed by atoms with Gasteiger partial charge in [-0.1, -0.05) is 48.5 Å². The van der Waals surface area contributed by atoms with Crippen LogP contribution in [0.25, 0.3) is 0 Å². The standard InChI is InChI=1S/C19H37N5O4.C2H6/c1-12(2)15(23-13(3)25)17(27)24-14(8-7-10-22-18(20)28)16(26)21-11-9-19(4,5)6;1-2/h12,14-15H,7-11H2,1-6H3,(H,21,26)(H,23,25)(H,24,27)(H3,20,22,28);1-2H3/t14-,15-;/m1./s1. The molecule has 0 aromatic heterocycles. The van der Waals surface area contributed by atoms with E-state index < -0.39 is 24.0 Å². The van der Waals surface area contributed by atoms with Crippen molar-refractivity contribution in [2.45, 2.75) is 86.7 Å². The summed E-state index contributed by atoms with van der Waals surface area (Å²) in [6, 6.07) is -2.14. The van der Waals surface area contributed by atoms with E-state index in [1.165, 1.54) is 6.92 Å². The molecule has 0 fully saturated rings. The lowest BCUT2D eigenvalue weighted by Gasteiger charge is -2.25.